The molecule has 0 fully saturated rings. The molecule has 0 saturated carbocycles. The van der Waals surface area contributed by atoms with Crippen molar-refractivity contribution >= 4 is 22.9 Å². The van der Waals surface area contributed by atoms with Crippen LogP contribution < -0.4 is 24.3 Å². The number of hydrogen-bond acceptors (Lipinski definition) is 7. The van der Waals surface area contributed by atoms with Gasteiger partial charge in [-0.2, -0.15) is 0 Å². The van der Waals surface area contributed by atoms with E-state index >= 15 is 0 Å². The summed E-state index contributed by atoms with van der Waals surface area (Å²) in [5, 5.41) is 5.58. The van der Waals surface area contributed by atoms with Crippen molar-refractivity contribution in [2.75, 3.05) is 18.9 Å². The van der Waals surface area contributed by atoms with E-state index in [9.17, 15) is 4.79 Å². The number of benzene rings is 2. The maximum atomic E-state index is 12.3. The van der Waals surface area contributed by atoms with Gasteiger partial charge in [-0.15, -0.1) is 11.3 Å². The largest absolute Gasteiger partial charge is 0.454 e. The fraction of sp³-hybridized carbons (Fsp3) is 0.158. The van der Waals surface area contributed by atoms with E-state index in [1.807, 2.05) is 23.6 Å². The van der Waals surface area contributed by atoms with E-state index in [4.69, 9.17) is 18.9 Å². The van der Waals surface area contributed by atoms with Crippen LogP contribution in [0.1, 0.15) is 5.69 Å². The fourth-order valence-electron chi connectivity index (χ4n) is 2.89. The number of nitrogens with zero attached hydrogens (tertiary/aromatic N) is 1. The van der Waals surface area contributed by atoms with Crippen molar-refractivity contribution in [2.45, 2.75) is 6.42 Å². The monoisotopic (exact) mass is 382 g/mol. The normalized spacial score (nSPS) is 13.6. The predicted octanol–water partition coefficient (Wildman–Crippen LogP) is 3.45. The van der Waals surface area contributed by atoms with Gasteiger partial charge in [-0.3, -0.25) is 4.79 Å². The predicted molar refractivity (Wildman–Crippen MR) is 98.6 cm³/mol. The molecule has 0 aliphatic carbocycles. The Morgan fingerprint density at radius 1 is 0.963 bits per heavy atom. The van der Waals surface area contributed by atoms with Crippen molar-refractivity contribution in [3.8, 4) is 33.6 Å². The number of thiazole rings is 1. The molecule has 1 N–H and O–H groups in total. The van der Waals surface area contributed by atoms with Gasteiger partial charge < -0.3 is 24.3 Å². The summed E-state index contributed by atoms with van der Waals surface area (Å²) in [6, 6.07) is 11.0. The first-order valence-electron chi connectivity index (χ1n) is 8.28. The van der Waals surface area contributed by atoms with Crippen LogP contribution in [0.15, 0.2) is 41.8 Å². The number of amides is 1. The molecule has 1 aromatic heterocycles. The molecule has 3 aromatic rings. The molecule has 0 bridgehead atoms. The number of rotatable bonds is 4. The zero-order valence-corrected chi connectivity index (χ0v) is 14.9. The molecule has 0 atom stereocenters. The number of carbonyl (C=O) groups excluding carboxylic acids is 1. The number of nitrogens with one attached hydrogen (secondary N) is 1. The Balaban J connectivity index is 1.27. The van der Waals surface area contributed by atoms with E-state index in [0.717, 1.165) is 16.3 Å². The van der Waals surface area contributed by atoms with Crippen molar-refractivity contribution < 1.29 is 23.7 Å². The number of ether oxygens (including phenoxy) is 4. The van der Waals surface area contributed by atoms with Crippen LogP contribution in [0.25, 0.3) is 10.6 Å². The summed E-state index contributed by atoms with van der Waals surface area (Å²) in [7, 11) is 0. The second-order valence-electron chi connectivity index (χ2n) is 6.01. The highest BCUT2D eigenvalue weighted by molar-refractivity contribution is 7.13. The molecule has 2 aliphatic rings. The minimum Gasteiger partial charge on any atom is -0.454 e. The Labute approximate surface area is 158 Å². The first kappa shape index (κ1) is 16.0. The molecule has 0 unspecified atom stereocenters. The van der Waals surface area contributed by atoms with Crippen molar-refractivity contribution in [1.82, 2.24) is 4.98 Å². The van der Waals surface area contributed by atoms with E-state index in [0.29, 0.717) is 28.6 Å². The number of aromatic nitrogens is 1. The molecular formula is C19H14N2O5S. The second kappa shape index (κ2) is 6.48. The molecule has 0 spiro atoms. The third kappa shape index (κ3) is 3.15. The molecule has 3 heterocycles. The molecule has 2 aliphatic heterocycles. The summed E-state index contributed by atoms with van der Waals surface area (Å²) in [5.41, 5.74) is 2.31. The maximum absolute atomic E-state index is 12.3. The van der Waals surface area contributed by atoms with Crippen LogP contribution in [-0.4, -0.2) is 24.5 Å². The summed E-state index contributed by atoms with van der Waals surface area (Å²) in [5.74, 6) is 2.62. The Kier molecular flexibility index (Phi) is 3.83. The summed E-state index contributed by atoms with van der Waals surface area (Å²) in [6.07, 6.45) is 0.190. The highest BCUT2D eigenvalue weighted by Gasteiger charge is 2.17. The van der Waals surface area contributed by atoms with Gasteiger partial charge in [0, 0.05) is 22.7 Å². The van der Waals surface area contributed by atoms with Gasteiger partial charge in [-0.05, 0) is 30.3 Å². The summed E-state index contributed by atoms with van der Waals surface area (Å²) in [6.45, 7) is 0.441. The third-order valence-corrected chi connectivity index (χ3v) is 5.11. The summed E-state index contributed by atoms with van der Waals surface area (Å²) < 4.78 is 21.3. The number of anilines is 1. The van der Waals surface area contributed by atoms with E-state index in [1.54, 1.807) is 18.2 Å². The molecule has 0 radical (unpaired) electrons. The second-order valence-corrected chi connectivity index (χ2v) is 6.86. The van der Waals surface area contributed by atoms with Crippen molar-refractivity contribution in [2.24, 2.45) is 0 Å². The molecule has 8 heteroatoms. The van der Waals surface area contributed by atoms with Crippen LogP contribution in [0.5, 0.6) is 23.0 Å². The van der Waals surface area contributed by atoms with Gasteiger partial charge in [0.05, 0.1) is 12.1 Å². The van der Waals surface area contributed by atoms with Crippen molar-refractivity contribution in [3.63, 3.8) is 0 Å². The van der Waals surface area contributed by atoms with Crippen LogP contribution in [-0.2, 0) is 11.2 Å². The SMILES string of the molecule is O=C(Cc1csc(-c2ccc3c(c2)OCO3)n1)Nc1ccc2c(c1)OCO2. The average Bonchev–Trinajstić information content (AvgIpc) is 3.40. The smallest absolute Gasteiger partial charge is 0.231 e. The highest BCUT2D eigenvalue weighted by Crippen LogP contribution is 2.37. The fourth-order valence-corrected chi connectivity index (χ4v) is 3.71. The van der Waals surface area contributed by atoms with Crippen molar-refractivity contribution in [3.05, 3.63) is 47.5 Å². The molecular weight excluding hydrogens is 368 g/mol. The van der Waals surface area contributed by atoms with Gasteiger partial charge in [-0.25, -0.2) is 4.98 Å². The number of carbonyl (C=O) groups is 1. The van der Waals surface area contributed by atoms with Crippen LogP contribution in [0.4, 0.5) is 5.69 Å². The number of fused-ring (bicyclic) bond motifs is 2. The van der Waals surface area contributed by atoms with Crippen LogP contribution in [0, 0.1) is 0 Å². The van der Waals surface area contributed by atoms with Gasteiger partial charge in [-0.1, -0.05) is 0 Å². The lowest BCUT2D eigenvalue weighted by atomic mass is 10.2. The Bertz CT molecular complexity index is 1030. The van der Waals surface area contributed by atoms with Gasteiger partial charge in [0.25, 0.3) is 0 Å². The molecule has 0 saturated heterocycles. The lowest BCUT2D eigenvalue weighted by Gasteiger charge is -2.05. The van der Waals surface area contributed by atoms with Crippen LogP contribution in [0.2, 0.25) is 0 Å². The summed E-state index contributed by atoms with van der Waals surface area (Å²) in [4.78, 5) is 16.9. The highest BCUT2D eigenvalue weighted by atomic mass is 32.1. The zero-order chi connectivity index (χ0) is 18.2. The van der Waals surface area contributed by atoms with E-state index in [1.165, 1.54) is 11.3 Å². The topological polar surface area (TPSA) is 78.9 Å². The number of hydrogen-bond donors (Lipinski definition) is 1. The van der Waals surface area contributed by atoms with Gasteiger partial charge in [0.2, 0.25) is 19.5 Å². The van der Waals surface area contributed by atoms with Crippen LogP contribution in [0.3, 0.4) is 0 Å². The lowest BCUT2D eigenvalue weighted by molar-refractivity contribution is -0.115. The lowest BCUT2D eigenvalue weighted by Crippen LogP contribution is -2.14. The molecule has 2 aromatic carbocycles. The first-order chi connectivity index (χ1) is 13.2. The van der Waals surface area contributed by atoms with E-state index < -0.39 is 0 Å². The molecule has 5 rings (SSSR count). The van der Waals surface area contributed by atoms with E-state index in [2.05, 4.69) is 10.3 Å². The maximum Gasteiger partial charge on any atom is 0.231 e. The quantitative estimate of drug-likeness (QED) is 0.745. The first-order valence-corrected chi connectivity index (χ1v) is 9.16. The molecule has 27 heavy (non-hydrogen) atoms. The average molecular weight is 382 g/mol. The van der Waals surface area contributed by atoms with Crippen LogP contribution >= 0.6 is 11.3 Å². The van der Waals surface area contributed by atoms with E-state index in [-0.39, 0.29) is 25.9 Å². The zero-order valence-electron chi connectivity index (χ0n) is 14.1. The third-order valence-electron chi connectivity index (χ3n) is 4.17. The minimum absolute atomic E-state index is 0.142. The van der Waals surface area contributed by atoms with Gasteiger partial charge >= 0.3 is 0 Å². The Hall–Kier alpha value is -3.26. The Morgan fingerprint density at radius 3 is 2.48 bits per heavy atom. The molecule has 1 amide bonds. The molecule has 136 valence electrons. The minimum atomic E-state index is -0.142. The molecule has 7 nitrogen and oxygen atoms in total. The van der Waals surface area contributed by atoms with Gasteiger partial charge in [0.15, 0.2) is 23.0 Å². The van der Waals surface area contributed by atoms with Gasteiger partial charge in [0.1, 0.15) is 5.01 Å². The van der Waals surface area contributed by atoms with Crippen molar-refractivity contribution in [1.29, 1.82) is 0 Å². The Morgan fingerprint density at radius 2 is 1.67 bits per heavy atom. The summed E-state index contributed by atoms with van der Waals surface area (Å²) >= 11 is 1.49. The standard InChI is InChI=1S/C19H14N2O5S/c22-18(20-12-2-4-15-17(6-12)26-10-24-15)7-13-8-27-19(21-13)11-1-3-14-16(5-11)25-9-23-14/h1-6,8H,7,9-10H2,(H,20,22).